The van der Waals surface area contributed by atoms with Gasteiger partial charge in [0.1, 0.15) is 0 Å². The number of nitrogens with zero attached hydrogens (tertiary/aromatic N) is 1. The number of carbonyl (C=O) groups excluding carboxylic acids is 1. The number of primary sulfonamides is 1. The Morgan fingerprint density at radius 1 is 1.07 bits per heavy atom. The van der Waals surface area contributed by atoms with Crippen molar-refractivity contribution in [2.45, 2.75) is 28.3 Å². The van der Waals surface area contributed by atoms with E-state index in [-0.39, 0.29) is 33.0 Å². The maximum absolute atomic E-state index is 12.6. The molecule has 0 fully saturated rings. The first-order chi connectivity index (χ1) is 12.4. The summed E-state index contributed by atoms with van der Waals surface area (Å²) in [5.74, 6) is -0.374. The highest BCUT2D eigenvalue weighted by molar-refractivity contribution is 8.00. The third-order valence-corrected chi connectivity index (χ3v) is 5.60. The smallest absolute Gasteiger partial charge is 0.335 e. The summed E-state index contributed by atoms with van der Waals surface area (Å²) < 4.78 is 59.7. The molecule has 5 nitrogen and oxygen atoms in total. The molecule has 0 saturated heterocycles. The van der Waals surface area contributed by atoms with Crippen LogP contribution < -0.4 is 5.14 Å². The Balaban J connectivity index is 2.14. The van der Waals surface area contributed by atoms with E-state index in [1.165, 1.54) is 41.3 Å². The predicted octanol–water partition coefficient (Wildman–Crippen LogP) is 3.78. The Kier molecular flexibility index (Phi) is 6.23. The van der Waals surface area contributed by atoms with Crippen molar-refractivity contribution in [1.29, 1.82) is 0 Å². The summed E-state index contributed by atoms with van der Waals surface area (Å²) in [6.45, 7) is 1.75. The lowest BCUT2D eigenvalue weighted by molar-refractivity contribution is -0.0328. The van der Waals surface area contributed by atoms with Gasteiger partial charge in [0.2, 0.25) is 10.0 Å². The average Bonchev–Trinajstić information content (AvgIpc) is 2.58. The molecule has 2 aromatic carbocycles. The number of halogens is 3. The van der Waals surface area contributed by atoms with E-state index in [1.807, 2.05) is 0 Å². The highest BCUT2D eigenvalue weighted by atomic mass is 32.2. The zero-order valence-corrected chi connectivity index (χ0v) is 16.0. The van der Waals surface area contributed by atoms with Crippen LogP contribution in [0.3, 0.4) is 0 Å². The van der Waals surface area contributed by atoms with Crippen LogP contribution in [0.2, 0.25) is 0 Å². The van der Waals surface area contributed by atoms with Crippen LogP contribution in [-0.2, 0) is 10.0 Å². The SMILES string of the molecule is C[C@@H](c1ccc(S(N)(=O)=O)cc1)N(C)C(=O)c1ccc(SC(F)(F)F)cc1. The number of hydrogen-bond donors (Lipinski definition) is 1. The minimum Gasteiger partial charge on any atom is -0.335 e. The van der Waals surface area contributed by atoms with Gasteiger partial charge in [-0.05, 0) is 60.6 Å². The largest absolute Gasteiger partial charge is 0.446 e. The molecule has 0 unspecified atom stereocenters. The monoisotopic (exact) mass is 418 g/mol. The minimum absolute atomic E-state index is 0.00617. The summed E-state index contributed by atoms with van der Waals surface area (Å²) in [6.07, 6.45) is 0. The summed E-state index contributed by atoms with van der Waals surface area (Å²) in [4.78, 5) is 13.9. The molecule has 10 heteroatoms. The van der Waals surface area contributed by atoms with E-state index in [4.69, 9.17) is 5.14 Å². The first kappa shape index (κ1) is 21.3. The number of sulfonamides is 1. The fourth-order valence-electron chi connectivity index (χ4n) is 2.34. The van der Waals surface area contributed by atoms with Crippen LogP contribution in [0.4, 0.5) is 13.2 Å². The number of benzene rings is 2. The van der Waals surface area contributed by atoms with Gasteiger partial charge in [-0.15, -0.1) is 0 Å². The highest BCUT2D eigenvalue weighted by Gasteiger charge is 2.29. The number of rotatable bonds is 5. The number of hydrogen-bond acceptors (Lipinski definition) is 4. The lowest BCUT2D eigenvalue weighted by Gasteiger charge is -2.25. The predicted molar refractivity (Wildman–Crippen MR) is 96.7 cm³/mol. The van der Waals surface area contributed by atoms with Gasteiger partial charge in [0, 0.05) is 17.5 Å². The lowest BCUT2D eigenvalue weighted by Crippen LogP contribution is -2.29. The first-order valence-electron chi connectivity index (χ1n) is 7.64. The molecule has 0 heterocycles. The zero-order chi connectivity index (χ0) is 20.4. The summed E-state index contributed by atoms with van der Waals surface area (Å²) >= 11 is -0.248. The van der Waals surface area contributed by atoms with Crippen molar-refractivity contribution >= 4 is 27.7 Å². The molecule has 0 radical (unpaired) electrons. The van der Waals surface area contributed by atoms with Crippen LogP contribution in [0.15, 0.2) is 58.3 Å². The Morgan fingerprint density at radius 2 is 1.59 bits per heavy atom. The highest BCUT2D eigenvalue weighted by Crippen LogP contribution is 2.36. The number of thioether (sulfide) groups is 1. The standard InChI is InChI=1S/C17H17F3N2O3S2/c1-11(12-5-9-15(10-6-12)27(21,24)25)22(2)16(23)13-3-7-14(8-4-13)26-17(18,19)20/h3-11H,1-2H3,(H2,21,24,25)/t11-/m0/s1. The van der Waals surface area contributed by atoms with Gasteiger partial charge in [-0.3, -0.25) is 4.79 Å². The molecule has 2 N–H and O–H groups in total. The molecule has 0 aromatic heterocycles. The molecule has 2 rings (SSSR count). The Morgan fingerprint density at radius 3 is 2.04 bits per heavy atom. The van der Waals surface area contributed by atoms with E-state index in [0.717, 1.165) is 0 Å². The zero-order valence-electron chi connectivity index (χ0n) is 14.4. The van der Waals surface area contributed by atoms with Crippen molar-refractivity contribution in [3.05, 3.63) is 59.7 Å². The van der Waals surface area contributed by atoms with Gasteiger partial charge >= 0.3 is 5.51 Å². The topological polar surface area (TPSA) is 80.5 Å². The van der Waals surface area contributed by atoms with Gasteiger partial charge in [-0.1, -0.05) is 12.1 Å². The lowest BCUT2D eigenvalue weighted by atomic mass is 10.1. The average molecular weight is 418 g/mol. The number of carbonyl (C=O) groups is 1. The number of nitrogens with two attached hydrogens (primary N) is 1. The van der Waals surface area contributed by atoms with Crippen molar-refractivity contribution in [2.75, 3.05) is 7.05 Å². The maximum atomic E-state index is 12.6. The van der Waals surface area contributed by atoms with Crippen LogP contribution >= 0.6 is 11.8 Å². The molecule has 0 aliphatic heterocycles. The van der Waals surface area contributed by atoms with Gasteiger partial charge in [0.05, 0.1) is 10.9 Å². The van der Waals surface area contributed by atoms with Gasteiger partial charge in [-0.2, -0.15) is 13.2 Å². The van der Waals surface area contributed by atoms with Gasteiger partial charge in [0.15, 0.2) is 0 Å². The maximum Gasteiger partial charge on any atom is 0.446 e. The van der Waals surface area contributed by atoms with Crippen LogP contribution in [0.5, 0.6) is 0 Å². The second-order valence-corrected chi connectivity index (χ2v) is 8.48. The Bertz CT molecular complexity index is 912. The molecule has 2 aromatic rings. The van der Waals surface area contributed by atoms with Crippen molar-refractivity contribution in [2.24, 2.45) is 5.14 Å². The van der Waals surface area contributed by atoms with Crippen molar-refractivity contribution in [3.63, 3.8) is 0 Å². The summed E-state index contributed by atoms with van der Waals surface area (Å²) in [5.41, 5.74) is -3.46. The van der Waals surface area contributed by atoms with Crippen LogP contribution in [-0.4, -0.2) is 31.8 Å². The minimum atomic E-state index is -4.39. The number of amides is 1. The molecule has 0 aliphatic rings. The van der Waals surface area contributed by atoms with Crippen LogP contribution in [0.25, 0.3) is 0 Å². The third kappa shape index (κ3) is 5.72. The quantitative estimate of drug-likeness (QED) is 0.750. The summed E-state index contributed by atoms with van der Waals surface area (Å²) in [6, 6.07) is 10.6. The van der Waals surface area contributed by atoms with Crippen LogP contribution in [0, 0.1) is 0 Å². The van der Waals surface area contributed by atoms with Gasteiger partial charge in [0.25, 0.3) is 5.91 Å². The van der Waals surface area contributed by atoms with E-state index < -0.39 is 21.6 Å². The fraction of sp³-hybridized carbons (Fsp3) is 0.235. The molecule has 0 saturated carbocycles. The van der Waals surface area contributed by atoms with Gasteiger partial charge < -0.3 is 4.90 Å². The van der Waals surface area contributed by atoms with Crippen molar-refractivity contribution in [3.8, 4) is 0 Å². The third-order valence-electron chi connectivity index (χ3n) is 3.93. The van der Waals surface area contributed by atoms with Gasteiger partial charge in [-0.25, -0.2) is 13.6 Å². The molecule has 1 atom stereocenters. The molecule has 1 amide bonds. The van der Waals surface area contributed by atoms with Crippen molar-refractivity contribution in [1.82, 2.24) is 4.90 Å². The molecular formula is C17H17F3N2O3S2. The van der Waals surface area contributed by atoms with E-state index >= 15 is 0 Å². The Labute approximate surface area is 159 Å². The molecule has 27 heavy (non-hydrogen) atoms. The van der Waals surface area contributed by atoms with E-state index in [2.05, 4.69) is 0 Å². The molecule has 0 bridgehead atoms. The fourth-order valence-corrected chi connectivity index (χ4v) is 3.39. The van der Waals surface area contributed by atoms with Crippen molar-refractivity contribution < 1.29 is 26.4 Å². The molecule has 0 spiro atoms. The second kappa shape index (κ2) is 7.91. The second-order valence-electron chi connectivity index (χ2n) is 5.78. The summed E-state index contributed by atoms with van der Waals surface area (Å²) in [5, 5.41) is 5.05. The van der Waals surface area contributed by atoms with E-state index in [9.17, 15) is 26.4 Å². The molecular weight excluding hydrogens is 401 g/mol. The summed E-state index contributed by atoms with van der Waals surface area (Å²) in [7, 11) is -2.25. The molecule has 146 valence electrons. The van der Waals surface area contributed by atoms with E-state index in [1.54, 1.807) is 26.1 Å². The first-order valence-corrected chi connectivity index (χ1v) is 10.0. The van der Waals surface area contributed by atoms with E-state index in [0.29, 0.717) is 5.56 Å². The Hall–Kier alpha value is -2.04. The normalized spacial score (nSPS) is 13.3. The number of alkyl halides is 3. The molecule has 0 aliphatic carbocycles. The van der Waals surface area contributed by atoms with Crippen LogP contribution in [0.1, 0.15) is 28.9 Å².